The van der Waals surface area contributed by atoms with Crippen LogP contribution in [-0.4, -0.2) is 37.3 Å². The number of aromatic amines is 1. The molecule has 5 rings (SSSR count). The summed E-state index contributed by atoms with van der Waals surface area (Å²) in [4.78, 5) is 35.0. The lowest BCUT2D eigenvalue weighted by atomic mass is 10.1. The first-order valence-electron chi connectivity index (χ1n) is 10.3. The molecule has 1 aliphatic carbocycles. The number of hydrogen-bond acceptors (Lipinski definition) is 6. The number of benzene rings is 2. The second-order valence-electron chi connectivity index (χ2n) is 8.13. The van der Waals surface area contributed by atoms with Crippen molar-refractivity contribution in [1.82, 2.24) is 24.8 Å². The molecule has 8 heteroatoms. The smallest absolute Gasteiger partial charge is 0.349 e. The van der Waals surface area contributed by atoms with E-state index in [1.165, 1.54) is 0 Å². The number of fused-ring (bicyclic) bond motifs is 3. The molecule has 0 radical (unpaired) electrons. The molecule has 0 unspecified atom stereocenters. The zero-order valence-electron chi connectivity index (χ0n) is 17.3. The first-order valence-corrected chi connectivity index (χ1v) is 10.3. The molecule has 2 heterocycles. The molecule has 2 atom stereocenters. The van der Waals surface area contributed by atoms with Crippen LogP contribution in [0.25, 0.3) is 22.6 Å². The number of aromatic nitrogens is 4. The molecule has 0 saturated heterocycles. The molecule has 8 nitrogen and oxygen atoms in total. The lowest BCUT2D eigenvalue weighted by Gasteiger charge is -2.21. The lowest BCUT2D eigenvalue weighted by molar-refractivity contribution is 0.141. The van der Waals surface area contributed by atoms with Gasteiger partial charge in [0.1, 0.15) is 0 Å². The summed E-state index contributed by atoms with van der Waals surface area (Å²) in [5.41, 5.74) is 4.79. The maximum atomic E-state index is 12.4. The summed E-state index contributed by atoms with van der Waals surface area (Å²) in [6, 6.07) is 11.8. The predicted octanol–water partition coefficient (Wildman–Crippen LogP) is 1.45. The second kappa shape index (κ2) is 7.40. The summed E-state index contributed by atoms with van der Waals surface area (Å²) in [6.07, 6.45) is 0.129. The molecule has 2 aromatic carbocycles. The molecule has 3 aliphatic rings. The maximum Gasteiger partial charge on any atom is 0.349 e. The normalized spacial score (nSPS) is 18.0. The van der Waals surface area contributed by atoms with Crippen molar-refractivity contribution in [2.45, 2.75) is 39.0 Å². The van der Waals surface area contributed by atoms with E-state index in [2.05, 4.69) is 20.3 Å². The standard InChI is InChI=1S/C23H23N5O3/c1-12-9-16-17(10-13(12)2)28(21-20(25-16)22(30)27-23(31)26-21)8-7-24-19-15-6-4-3-5-14(15)11-18(19)29/h3-6,9-10,18-19,24,29H,7-8,11H2,1-2H3,(H,27,30,31)/t18-,19-/m1/s1. The van der Waals surface area contributed by atoms with Gasteiger partial charge < -0.3 is 15.0 Å². The van der Waals surface area contributed by atoms with Crippen molar-refractivity contribution in [1.29, 1.82) is 0 Å². The monoisotopic (exact) mass is 417 g/mol. The molecule has 0 fully saturated rings. The Balaban J connectivity index is 1.54. The van der Waals surface area contributed by atoms with E-state index < -0.39 is 17.4 Å². The van der Waals surface area contributed by atoms with E-state index in [1.54, 1.807) is 0 Å². The minimum atomic E-state index is -0.690. The molecule has 0 aromatic heterocycles. The van der Waals surface area contributed by atoms with Crippen LogP contribution in [0, 0.1) is 13.8 Å². The zero-order chi connectivity index (χ0) is 21.7. The van der Waals surface area contributed by atoms with Crippen molar-refractivity contribution < 1.29 is 5.11 Å². The number of nitrogens with zero attached hydrogens (tertiary/aromatic N) is 3. The Labute approximate surface area is 178 Å². The summed E-state index contributed by atoms with van der Waals surface area (Å²) in [5, 5.41) is 13.9. The van der Waals surface area contributed by atoms with Gasteiger partial charge in [0, 0.05) is 19.5 Å². The van der Waals surface area contributed by atoms with Crippen LogP contribution in [0.5, 0.6) is 0 Å². The topological polar surface area (TPSA) is 113 Å². The highest BCUT2D eigenvalue weighted by atomic mass is 16.3. The first-order chi connectivity index (χ1) is 14.9. The number of hydrogen-bond donors (Lipinski definition) is 3. The van der Waals surface area contributed by atoms with Gasteiger partial charge in [-0.1, -0.05) is 24.3 Å². The fraction of sp³-hybridized carbons (Fsp3) is 0.304. The van der Waals surface area contributed by atoms with E-state index in [4.69, 9.17) is 0 Å². The van der Waals surface area contributed by atoms with Gasteiger partial charge in [0.25, 0.3) is 5.56 Å². The largest absolute Gasteiger partial charge is 0.391 e. The highest BCUT2D eigenvalue weighted by molar-refractivity contribution is 5.81. The van der Waals surface area contributed by atoms with Gasteiger partial charge in [0.2, 0.25) is 0 Å². The molecule has 0 spiro atoms. The van der Waals surface area contributed by atoms with Gasteiger partial charge in [0.05, 0.1) is 23.2 Å². The molecule has 0 bridgehead atoms. The van der Waals surface area contributed by atoms with Crippen LogP contribution in [-0.2, 0) is 13.0 Å². The third kappa shape index (κ3) is 3.34. The molecule has 31 heavy (non-hydrogen) atoms. The molecule has 3 N–H and O–H groups in total. The van der Waals surface area contributed by atoms with Gasteiger partial charge in [-0.2, -0.15) is 4.98 Å². The molecular formula is C23H23N5O3. The Bertz CT molecular complexity index is 1390. The van der Waals surface area contributed by atoms with Gasteiger partial charge in [-0.05, 0) is 48.2 Å². The third-order valence-electron chi connectivity index (χ3n) is 6.13. The van der Waals surface area contributed by atoms with E-state index in [0.29, 0.717) is 25.0 Å². The zero-order valence-corrected chi connectivity index (χ0v) is 17.3. The van der Waals surface area contributed by atoms with Crippen LogP contribution >= 0.6 is 0 Å². The van der Waals surface area contributed by atoms with Crippen LogP contribution in [0.4, 0.5) is 0 Å². The number of H-pyrrole nitrogens is 1. The van der Waals surface area contributed by atoms with Gasteiger partial charge >= 0.3 is 5.69 Å². The third-order valence-corrected chi connectivity index (χ3v) is 6.13. The Morgan fingerprint density at radius 2 is 1.94 bits per heavy atom. The van der Waals surface area contributed by atoms with Crippen LogP contribution in [0.1, 0.15) is 28.3 Å². The van der Waals surface area contributed by atoms with Gasteiger partial charge in [0.15, 0.2) is 11.5 Å². The molecular weight excluding hydrogens is 394 g/mol. The van der Waals surface area contributed by atoms with E-state index in [9.17, 15) is 14.7 Å². The summed E-state index contributed by atoms with van der Waals surface area (Å²) < 4.78 is 1.86. The Hall–Kier alpha value is -3.36. The summed E-state index contributed by atoms with van der Waals surface area (Å²) in [5.74, 6) is 0.263. The minimum absolute atomic E-state index is 0.140. The first kappa shape index (κ1) is 19.6. The van der Waals surface area contributed by atoms with Crippen molar-refractivity contribution in [2.24, 2.45) is 0 Å². The molecule has 2 aliphatic heterocycles. The molecule has 2 aromatic rings. The van der Waals surface area contributed by atoms with Gasteiger partial charge in [-0.15, -0.1) is 0 Å². The minimum Gasteiger partial charge on any atom is -0.391 e. The van der Waals surface area contributed by atoms with E-state index in [0.717, 1.165) is 27.8 Å². The number of aryl methyl sites for hydroxylation is 2. The van der Waals surface area contributed by atoms with E-state index >= 15 is 0 Å². The van der Waals surface area contributed by atoms with Crippen molar-refractivity contribution in [2.75, 3.05) is 6.54 Å². The summed E-state index contributed by atoms with van der Waals surface area (Å²) >= 11 is 0. The fourth-order valence-electron chi connectivity index (χ4n) is 4.43. The van der Waals surface area contributed by atoms with Crippen LogP contribution in [0.3, 0.4) is 0 Å². The highest BCUT2D eigenvalue weighted by Crippen LogP contribution is 2.31. The maximum absolute atomic E-state index is 12.4. The molecule has 0 amide bonds. The Kier molecular flexibility index (Phi) is 4.68. The summed E-state index contributed by atoms with van der Waals surface area (Å²) in [7, 11) is 0. The predicted molar refractivity (Wildman–Crippen MR) is 117 cm³/mol. The average molecular weight is 417 g/mol. The van der Waals surface area contributed by atoms with Crippen LogP contribution in [0.2, 0.25) is 0 Å². The van der Waals surface area contributed by atoms with Gasteiger partial charge in [-0.25, -0.2) is 9.78 Å². The second-order valence-corrected chi connectivity index (χ2v) is 8.13. The number of nitrogens with one attached hydrogen (secondary N) is 2. The van der Waals surface area contributed by atoms with Crippen LogP contribution < -0.4 is 16.6 Å². The summed E-state index contributed by atoms with van der Waals surface area (Å²) in [6.45, 7) is 4.98. The van der Waals surface area contributed by atoms with Crippen molar-refractivity contribution in [3.05, 3.63) is 79.5 Å². The quantitative estimate of drug-likeness (QED) is 0.433. The molecule has 0 saturated carbocycles. The van der Waals surface area contributed by atoms with E-state index in [1.807, 2.05) is 54.8 Å². The van der Waals surface area contributed by atoms with Gasteiger partial charge in [-0.3, -0.25) is 9.78 Å². The number of rotatable bonds is 4. The number of aliphatic hydroxyl groups excluding tert-OH is 1. The Morgan fingerprint density at radius 3 is 2.77 bits per heavy atom. The highest BCUT2D eigenvalue weighted by Gasteiger charge is 2.30. The van der Waals surface area contributed by atoms with E-state index in [-0.39, 0.29) is 17.6 Å². The Morgan fingerprint density at radius 1 is 1.16 bits per heavy atom. The SMILES string of the molecule is Cc1cc2nc3c(=O)[nH]c(=O)nc-3n(CCN[C@@H]3c4ccccc4C[C@H]3O)c2cc1C. The number of aliphatic hydroxyl groups is 1. The average Bonchev–Trinajstić information content (AvgIpc) is 3.05. The lowest BCUT2D eigenvalue weighted by Crippen LogP contribution is -2.33. The van der Waals surface area contributed by atoms with Crippen LogP contribution in [0.15, 0.2) is 46.0 Å². The molecule has 158 valence electrons. The van der Waals surface area contributed by atoms with Crippen molar-refractivity contribution in [3.8, 4) is 11.5 Å². The fourth-order valence-corrected chi connectivity index (χ4v) is 4.43. The van der Waals surface area contributed by atoms with Crippen molar-refractivity contribution in [3.63, 3.8) is 0 Å². The van der Waals surface area contributed by atoms with Crippen molar-refractivity contribution >= 4 is 11.0 Å².